The smallest absolute Gasteiger partial charge is 0.412 e. The summed E-state index contributed by atoms with van der Waals surface area (Å²) < 4.78 is 11.5. The molecule has 0 spiro atoms. The van der Waals surface area contributed by atoms with E-state index in [9.17, 15) is 14.7 Å². The number of nitrogens with one attached hydrogen (secondary N) is 2. The second kappa shape index (κ2) is 14.0. The average Bonchev–Trinajstić information content (AvgIpc) is 2.90. The van der Waals surface area contributed by atoms with Gasteiger partial charge in [-0.1, -0.05) is 30.3 Å². The number of allylic oxidation sites excluding steroid dienone is 1. The number of phenols is 1. The van der Waals surface area contributed by atoms with E-state index in [2.05, 4.69) is 10.6 Å². The van der Waals surface area contributed by atoms with Crippen molar-refractivity contribution in [1.29, 1.82) is 0 Å². The van der Waals surface area contributed by atoms with Crippen LogP contribution in [0.15, 0.2) is 89.8 Å². The molecule has 2 atom stereocenters. The van der Waals surface area contributed by atoms with Crippen LogP contribution < -0.4 is 16.4 Å². The zero-order chi connectivity index (χ0) is 26.6. The van der Waals surface area contributed by atoms with E-state index in [1.165, 1.54) is 25.3 Å². The fraction of sp³-hybridized carbons (Fsp3) is 0.214. The molecule has 3 aromatic carbocycles. The summed E-state index contributed by atoms with van der Waals surface area (Å²) in [6.45, 7) is 0. The molecule has 5 N–H and O–H groups in total. The van der Waals surface area contributed by atoms with E-state index in [4.69, 9.17) is 15.2 Å². The first-order valence-electron chi connectivity index (χ1n) is 11.6. The van der Waals surface area contributed by atoms with Crippen molar-refractivity contribution in [2.45, 2.75) is 29.9 Å². The molecule has 3 rings (SSSR count). The van der Waals surface area contributed by atoms with Crippen molar-refractivity contribution < 1.29 is 24.2 Å². The van der Waals surface area contributed by atoms with Crippen LogP contribution in [0.4, 0.5) is 21.9 Å². The number of anilines is 3. The van der Waals surface area contributed by atoms with Crippen LogP contribution in [0.25, 0.3) is 0 Å². The summed E-state index contributed by atoms with van der Waals surface area (Å²) in [6.07, 6.45) is 4.20. The van der Waals surface area contributed by atoms with Gasteiger partial charge >= 0.3 is 6.09 Å². The zero-order valence-corrected chi connectivity index (χ0v) is 21.5. The lowest BCUT2D eigenvalue weighted by atomic mass is 10.00. The van der Waals surface area contributed by atoms with Gasteiger partial charge in [-0.2, -0.15) is 0 Å². The molecule has 0 aliphatic heterocycles. The van der Waals surface area contributed by atoms with Crippen molar-refractivity contribution in [3.05, 3.63) is 90.5 Å². The number of carbonyl (C=O) groups excluding carboxylic acids is 2. The molecule has 0 aromatic heterocycles. The maximum absolute atomic E-state index is 12.7. The molecule has 8 nitrogen and oxygen atoms in total. The first kappa shape index (κ1) is 27.6. The van der Waals surface area contributed by atoms with Crippen LogP contribution >= 0.6 is 11.8 Å². The number of phenolic OH excluding ortho intramolecular Hbond substituents is 1. The number of aromatic hydroxyl groups is 1. The Bertz CT molecular complexity index is 1200. The molecule has 0 radical (unpaired) electrons. The third-order valence-corrected chi connectivity index (χ3v) is 6.28. The highest BCUT2D eigenvalue weighted by Crippen LogP contribution is 2.29. The maximum Gasteiger partial charge on any atom is 0.412 e. The van der Waals surface area contributed by atoms with E-state index in [0.717, 1.165) is 4.90 Å². The van der Waals surface area contributed by atoms with Crippen LogP contribution in [0.2, 0.25) is 0 Å². The molecule has 194 valence electrons. The molecule has 0 saturated heterocycles. The first-order valence-corrected chi connectivity index (χ1v) is 12.9. The van der Waals surface area contributed by atoms with E-state index in [-0.39, 0.29) is 11.7 Å². The molecule has 0 fully saturated rings. The fourth-order valence-corrected chi connectivity index (χ4v) is 4.00. The third kappa shape index (κ3) is 8.59. The highest BCUT2D eigenvalue weighted by atomic mass is 32.2. The number of nitrogens with two attached hydrogens (primary N) is 1. The normalized spacial score (nSPS) is 12.6. The minimum Gasteiger partial charge on any atom is -0.508 e. The standard InChI is InChI=1S/C28H31N3O5S/c1-35-25(9-5-6-10-26(33)31-24-8-4-3-7-23(24)29)27(19-11-15-21(32)16-12-19)36-28(34)30-20-13-17-22(37-2)18-14-20/h3-4,6-8,10-18,25,27,32H,5,9,29H2,1-2H3,(H,30,34)(H,31,33)/b10-6+/t25-,27-/m1/s1. The lowest BCUT2D eigenvalue weighted by Crippen LogP contribution is -2.28. The minimum atomic E-state index is -0.748. The Hall–Kier alpha value is -3.95. The van der Waals surface area contributed by atoms with Crippen LogP contribution in [0.5, 0.6) is 5.75 Å². The number of nitrogen functional groups attached to an aromatic ring is 1. The largest absolute Gasteiger partial charge is 0.508 e. The molecule has 0 bridgehead atoms. The second-order valence-corrected chi connectivity index (χ2v) is 8.98. The van der Waals surface area contributed by atoms with Gasteiger partial charge in [-0.05, 0) is 79.3 Å². The monoisotopic (exact) mass is 521 g/mol. The number of amides is 2. The van der Waals surface area contributed by atoms with Gasteiger partial charge in [-0.15, -0.1) is 11.8 Å². The van der Waals surface area contributed by atoms with Gasteiger partial charge in [0.1, 0.15) is 5.75 Å². The van der Waals surface area contributed by atoms with Crippen LogP contribution in [0, 0.1) is 0 Å². The van der Waals surface area contributed by atoms with Gasteiger partial charge in [-0.3, -0.25) is 10.1 Å². The average molecular weight is 522 g/mol. The predicted molar refractivity (Wildman–Crippen MR) is 148 cm³/mol. The lowest BCUT2D eigenvalue weighted by Gasteiger charge is -2.26. The summed E-state index contributed by atoms with van der Waals surface area (Å²) in [5.74, 6) is -0.201. The molecule has 37 heavy (non-hydrogen) atoms. The maximum atomic E-state index is 12.7. The number of methoxy groups -OCH3 is 1. The molecule has 0 unspecified atom stereocenters. The Kier molecular flexibility index (Phi) is 10.4. The van der Waals surface area contributed by atoms with Gasteiger partial charge in [0.25, 0.3) is 0 Å². The summed E-state index contributed by atoms with van der Waals surface area (Å²) in [5, 5.41) is 15.2. The number of hydrogen-bond acceptors (Lipinski definition) is 7. The lowest BCUT2D eigenvalue weighted by molar-refractivity contribution is -0.111. The van der Waals surface area contributed by atoms with E-state index < -0.39 is 18.3 Å². The topological polar surface area (TPSA) is 123 Å². The van der Waals surface area contributed by atoms with Crippen LogP contribution in [-0.2, 0) is 14.3 Å². The Labute approximate surface area is 220 Å². The molecule has 0 aliphatic rings. The SMILES string of the molecule is CO[C@H](CC/C=C/C(=O)Nc1ccccc1N)[C@H](OC(=O)Nc1ccc(SC)cc1)c1ccc(O)cc1. The molecule has 2 amide bonds. The number of benzene rings is 3. The molecule has 3 aromatic rings. The van der Waals surface area contributed by atoms with E-state index >= 15 is 0 Å². The van der Waals surface area contributed by atoms with Gasteiger partial charge in [0.2, 0.25) is 5.91 Å². The number of carbonyl (C=O) groups is 2. The van der Waals surface area contributed by atoms with Crippen molar-refractivity contribution in [3.8, 4) is 5.75 Å². The van der Waals surface area contributed by atoms with Crippen molar-refractivity contribution in [2.75, 3.05) is 29.7 Å². The molecular formula is C28H31N3O5S. The van der Waals surface area contributed by atoms with Gasteiger partial charge < -0.3 is 25.6 Å². The van der Waals surface area contributed by atoms with E-state index in [1.54, 1.807) is 66.4 Å². The number of ether oxygens (including phenoxy) is 2. The van der Waals surface area contributed by atoms with Crippen molar-refractivity contribution >= 4 is 40.8 Å². The molecule has 9 heteroatoms. The van der Waals surface area contributed by atoms with Gasteiger partial charge in [0.05, 0.1) is 17.5 Å². The van der Waals surface area contributed by atoms with Crippen LogP contribution in [0.1, 0.15) is 24.5 Å². The minimum absolute atomic E-state index is 0.0998. The highest BCUT2D eigenvalue weighted by Gasteiger charge is 2.27. The van der Waals surface area contributed by atoms with Gasteiger partial charge in [-0.25, -0.2) is 4.79 Å². The van der Waals surface area contributed by atoms with Gasteiger partial charge in [0.15, 0.2) is 6.10 Å². The zero-order valence-electron chi connectivity index (χ0n) is 20.7. The quantitative estimate of drug-likeness (QED) is 0.139. The Morgan fingerprint density at radius 2 is 1.73 bits per heavy atom. The van der Waals surface area contributed by atoms with Gasteiger partial charge in [0, 0.05) is 17.7 Å². The molecule has 0 heterocycles. The highest BCUT2D eigenvalue weighted by molar-refractivity contribution is 7.98. The summed E-state index contributed by atoms with van der Waals surface area (Å²) in [6, 6.07) is 20.8. The molecular weight excluding hydrogens is 490 g/mol. The summed E-state index contributed by atoms with van der Waals surface area (Å²) >= 11 is 1.61. The van der Waals surface area contributed by atoms with E-state index in [1.807, 2.05) is 18.4 Å². The first-order chi connectivity index (χ1) is 17.9. The Balaban J connectivity index is 1.64. The number of para-hydroxylation sites is 2. The number of rotatable bonds is 11. The molecule has 0 saturated carbocycles. The summed E-state index contributed by atoms with van der Waals surface area (Å²) in [5.41, 5.74) is 8.16. The Morgan fingerprint density at radius 3 is 2.38 bits per heavy atom. The fourth-order valence-electron chi connectivity index (χ4n) is 3.59. The second-order valence-electron chi connectivity index (χ2n) is 8.10. The van der Waals surface area contributed by atoms with E-state index in [0.29, 0.717) is 35.5 Å². The predicted octanol–water partition coefficient (Wildman–Crippen LogP) is 5.98. The molecule has 0 aliphatic carbocycles. The number of hydrogen-bond donors (Lipinski definition) is 4. The van der Waals surface area contributed by atoms with Crippen LogP contribution in [-0.4, -0.2) is 36.6 Å². The van der Waals surface area contributed by atoms with Crippen molar-refractivity contribution in [1.82, 2.24) is 0 Å². The third-order valence-electron chi connectivity index (χ3n) is 5.54. The van der Waals surface area contributed by atoms with Crippen LogP contribution in [0.3, 0.4) is 0 Å². The summed E-state index contributed by atoms with van der Waals surface area (Å²) in [4.78, 5) is 26.1. The van der Waals surface area contributed by atoms with Crippen molar-refractivity contribution in [3.63, 3.8) is 0 Å². The number of thioether (sulfide) groups is 1. The summed E-state index contributed by atoms with van der Waals surface area (Å²) in [7, 11) is 1.54. The van der Waals surface area contributed by atoms with Crippen molar-refractivity contribution in [2.24, 2.45) is 0 Å². The Morgan fingerprint density at radius 1 is 1.03 bits per heavy atom.